The molecule has 0 rings (SSSR count). The number of rotatable bonds is 16. The minimum Gasteiger partial charge on any atom is -0.394 e. The molecular weight excluding hydrogens is 264 g/mol. The minimum atomic E-state index is -0.525. The van der Waals surface area contributed by atoms with Crippen molar-refractivity contribution in [1.82, 2.24) is 0 Å². The molecule has 1 unspecified atom stereocenters. The van der Waals surface area contributed by atoms with E-state index in [0.717, 1.165) is 12.8 Å². The smallest absolute Gasteiger partial charge is 0.106 e. The first-order chi connectivity index (χ1) is 10.3. The topological polar surface area (TPSA) is 49.7 Å². The zero-order chi connectivity index (χ0) is 15.8. The molecule has 0 aromatic heterocycles. The molecule has 0 aliphatic rings. The van der Waals surface area contributed by atoms with E-state index in [2.05, 4.69) is 6.92 Å². The minimum absolute atomic E-state index is 0.101. The number of aliphatic hydroxyl groups is 2. The summed E-state index contributed by atoms with van der Waals surface area (Å²) in [4.78, 5) is 0. The molecule has 0 aromatic carbocycles. The monoisotopic (exact) mass is 302 g/mol. The Bertz CT molecular complexity index is 193. The molecule has 0 aliphatic carbocycles. The molecule has 0 saturated heterocycles. The van der Waals surface area contributed by atoms with E-state index in [4.69, 9.17) is 9.84 Å². The summed E-state index contributed by atoms with van der Waals surface area (Å²) in [6.07, 6.45) is 15.7. The molecule has 3 heteroatoms. The van der Waals surface area contributed by atoms with Crippen LogP contribution in [-0.2, 0) is 4.74 Å². The molecule has 0 amide bonds. The Balaban J connectivity index is 3.18. The van der Waals surface area contributed by atoms with Gasteiger partial charge in [-0.1, -0.05) is 84.0 Å². The van der Waals surface area contributed by atoms with Crippen LogP contribution in [0.25, 0.3) is 0 Å². The third kappa shape index (κ3) is 13.3. The highest BCUT2D eigenvalue weighted by Gasteiger charge is 2.16. The number of methoxy groups -OCH3 is 1. The fourth-order valence-corrected chi connectivity index (χ4v) is 2.73. The maximum absolute atomic E-state index is 9.79. The summed E-state index contributed by atoms with van der Waals surface area (Å²) in [5.41, 5.74) is 0. The summed E-state index contributed by atoms with van der Waals surface area (Å²) in [7, 11) is 1.53. The van der Waals surface area contributed by atoms with E-state index in [-0.39, 0.29) is 6.61 Å². The van der Waals surface area contributed by atoms with Crippen LogP contribution < -0.4 is 0 Å². The molecule has 0 radical (unpaired) electrons. The Hall–Kier alpha value is -0.120. The van der Waals surface area contributed by atoms with Crippen molar-refractivity contribution in [2.75, 3.05) is 13.7 Å². The van der Waals surface area contributed by atoms with Gasteiger partial charge in [0.15, 0.2) is 0 Å². The van der Waals surface area contributed by atoms with Crippen molar-refractivity contribution in [1.29, 1.82) is 0 Å². The van der Waals surface area contributed by atoms with Gasteiger partial charge in [0.2, 0.25) is 0 Å². The van der Waals surface area contributed by atoms with Gasteiger partial charge in [-0.3, -0.25) is 0 Å². The summed E-state index contributed by atoms with van der Waals surface area (Å²) >= 11 is 0. The first-order valence-electron chi connectivity index (χ1n) is 9.08. The van der Waals surface area contributed by atoms with E-state index in [9.17, 15) is 5.11 Å². The number of ether oxygens (including phenoxy) is 1. The molecule has 0 fully saturated rings. The van der Waals surface area contributed by atoms with Crippen molar-refractivity contribution >= 4 is 0 Å². The maximum Gasteiger partial charge on any atom is 0.106 e. The van der Waals surface area contributed by atoms with Crippen molar-refractivity contribution in [3.8, 4) is 0 Å². The summed E-state index contributed by atoms with van der Waals surface area (Å²) < 4.78 is 5.02. The first kappa shape index (κ1) is 20.9. The molecule has 0 aliphatic heterocycles. The lowest BCUT2D eigenvalue weighted by atomic mass is 10.0. The highest BCUT2D eigenvalue weighted by Crippen LogP contribution is 2.14. The van der Waals surface area contributed by atoms with Crippen LogP contribution in [-0.4, -0.2) is 36.1 Å². The molecule has 3 nitrogen and oxygen atoms in total. The van der Waals surface area contributed by atoms with Gasteiger partial charge in [0.25, 0.3) is 0 Å². The summed E-state index contributed by atoms with van der Waals surface area (Å²) in [6.45, 7) is 2.16. The quantitative estimate of drug-likeness (QED) is 0.414. The second-order valence-electron chi connectivity index (χ2n) is 6.20. The average Bonchev–Trinajstić information content (AvgIpc) is 2.49. The van der Waals surface area contributed by atoms with E-state index in [1.54, 1.807) is 0 Å². The SMILES string of the molecule is CCCCCCCCCCCCCCC(O)[C@H](CO)OC. The van der Waals surface area contributed by atoms with E-state index in [1.165, 1.54) is 77.7 Å². The molecule has 0 spiro atoms. The highest BCUT2D eigenvalue weighted by atomic mass is 16.5. The third-order valence-electron chi connectivity index (χ3n) is 4.27. The van der Waals surface area contributed by atoms with E-state index in [0.29, 0.717) is 0 Å². The van der Waals surface area contributed by atoms with Gasteiger partial charge in [-0.05, 0) is 6.42 Å². The van der Waals surface area contributed by atoms with Crippen molar-refractivity contribution in [3.63, 3.8) is 0 Å². The highest BCUT2D eigenvalue weighted by molar-refractivity contribution is 4.67. The average molecular weight is 302 g/mol. The van der Waals surface area contributed by atoms with Crippen molar-refractivity contribution in [2.45, 2.75) is 103 Å². The third-order valence-corrected chi connectivity index (χ3v) is 4.27. The molecule has 0 bridgehead atoms. The van der Waals surface area contributed by atoms with E-state index in [1.807, 2.05) is 0 Å². The van der Waals surface area contributed by atoms with Crippen LogP contribution in [0.4, 0.5) is 0 Å². The molecular formula is C18H38O3. The van der Waals surface area contributed by atoms with Gasteiger partial charge in [-0.25, -0.2) is 0 Å². The molecule has 0 heterocycles. The second kappa shape index (κ2) is 16.3. The fourth-order valence-electron chi connectivity index (χ4n) is 2.73. The number of hydrogen-bond acceptors (Lipinski definition) is 3. The predicted octanol–water partition coefficient (Wildman–Crippen LogP) is 4.45. The van der Waals surface area contributed by atoms with Crippen molar-refractivity contribution < 1.29 is 14.9 Å². The second-order valence-corrected chi connectivity index (χ2v) is 6.20. The molecule has 2 N–H and O–H groups in total. The largest absolute Gasteiger partial charge is 0.394 e. The van der Waals surface area contributed by atoms with Crippen molar-refractivity contribution in [2.24, 2.45) is 0 Å². The summed E-state index contributed by atoms with van der Waals surface area (Å²) in [5.74, 6) is 0. The van der Waals surface area contributed by atoms with Crippen LogP contribution in [0.2, 0.25) is 0 Å². The maximum atomic E-state index is 9.79. The molecule has 0 aromatic rings. The number of unbranched alkanes of at least 4 members (excludes halogenated alkanes) is 11. The van der Waals surface area contributed by atoms with Gasteiger partial charge in [0, 0.05) is 7.11 Å². The molecule has 0 saturated carbocycles. The lowest BCUT2D eigenvalue weighted by Gasteiger charge is -2.19. The fraction of sp³-hybridized carbons (Fsp3) is 1.00. The Kier molecular flexibility index (Phi) is 16.2. The zero-order valence-electron chi connectivity index (χ0n) is 14.4. The van der Waals surface area contributed by atoms with Crippen LogP contribution >= 0.6 is 0 Å². The van der Waals surface area contributed by atoms with Crippen LogP contribution in [0.3, 0.4) is 0 Å². The van der Waals surface area contributed by atoms with E-state index < -0.39 is 12.2 Å². The van der Waals surface area contributed by atoms with Crippen LogP contribution in [0.15, 0.2) is 0 Å². The van der Waals surface area contributed by atoms with Crippen molar-refractivity contribution in [3.05, 3.63) is 0 Å². The Labute approximate surface area is 132 Å². The standard InChI is InChI=1S/C18H38O3/c1-3-4-5-6-7-8-9-10-11-12-13-14-15-17(20)18(16-19)21-2/h17-20H,3-16H2,1-2H3/t17?,18-/m0/s1. The molecule has 128 valence electrons. The van der Waals surface area contributed by atoms with Gasteiger partial charge in [0.05, 0.1) is 12.7 Å². The predicted molar refractivity (Wildman–Crippen MR) is 89.6 cm³/mol. The van der Waals surface area contributed by atoms with Gasteiger partial charge in [-0.15, -0.1) is 0 Å². The molecule has 21 heavy (non-hydrogen) atoms. The van der Waals surface area contributed by atoms with Crippen LogP contribution in [0.5, 0.6) is 0 Å². The lowest BCUT2D eigenvalue weighted by molar-refractivity contribution is -0.0445. The van der Waals surface area contributed by atoms with Crippen LogP contribution in [0.1, 0.15) is 90.4 Å². The summed E-state index contributed by atoms with van der Waals surface area (Å²) in [5, 5.41) is 18.8. The van der Waals surface area contributed by atoms with Gasteiger partial charge in [0.1, 0.15) is 6.10 Å². The Morgan fingerprint density at radius 1 is 0.762 bits per heavy atom. The summed E-state index contributed by atoms with van der Waals surface area (Å²) in [6, 6.07) is 0. The molecule has 2 atom stereocenters. The van der Waals surface area contributed by atoms with Crippen LogP contribution in [0, 0.1) is 0 Å². The normalized spacial score (nSPS) is 14.3. The Morgan fingerprint density at radius 3 is 1.57 bits per heavy atom. The number of hydrogen-bond donors (Lipinski definition) is 2. The van der Waals surface area contributed by atoms with Gasteiger partial charge >= 0.3 is 0 Å². The van der Waals surface area contributed by atoms with E-state index >= 15 is 0 Å². The Morgan fingerprint density at radius 2 is 1.19 bits per heavy atom. The van der Waals surface area contributed by atoms with Gasteiger partial charge < -0.3 is 14.9 Å². The zero-order valence-corrected chi connectivity index (χ0v) is 14.4. The lowest BCUT2D eigenvalue weighted by Crippen LogP contribution is -2.31. The number of aliphatic hydroxyl groups excluding tert-OH is 2. The first-order valence-corrected chi connectivity index (χ1v) is 9.08. The van der Waals surface area contributed by atoms with Gasteiger partial charge in [-0.2, -0.15) is 0 Å².